The molecule has 0 aromatic heterocycles. The van der Waals surface area contributed by atoms with Crippen LogP contribution in [0.3, 0.4) is 0 Å². The first-order chi connectivity index (χ1) is 6.61. The van der Waals surface area contributed by atoms with Gasteiger partial charge in [-0.3, -0.25) is 4.99 Å². The quantitative estimate of drug-likeness (QED) is 0.475. The average molecular weight is 191 g/mol. The Morgan fingerprint density at radius 2 is 2.07 bits per heavy atom. The van der Waals surface area contributed by atoms with Gasteiger partial charge in [0.25, 0.3) is 0 Å². The van der Waals surface area contributed by atoms with Gasteiger partial charge in [-0.05, 0) is 51.0 Å². The van der Waals surface area contributed by atoms with Crippen molar-refractivity contribution in [1.82, 2.24) is 0 Å². The summed E-state index contributed by atoms with van der Waals surface area (Å²) in [4.78, 5) is 4.23. The van der Waals surface area contributed by atoms with Gasteiger partial charge in [0.2, 0.25) is 0 Å². The van der Waals surface area contributed by atoms with Crippen LogP contribution in [-0.2, 0) is 0 Å². The summed E-state index contributed by atoms with van der Waals surface area (Å²) in [6.07, 6.45) is 4.54. The molecule has 0 spiro atoms. The van der Waals surface area contributed by atoms with Crippen molar-refractivity contribution in [3.8, 4) is 0 Å². The van der Waals surface area contributed by atoms with E-state index in [9.17, 15) is 0 Å². The highest BCUT2D eigenvalue weighted by molar-refractivity contribution is 5.98. The van der Waals surface area contributed by atoms with E-state index in [0.717, 1.165) is 18.3 Å². The fraction of sp³-hybridized carbons (Fsp3) is 0.615. The van der Waals surface area contributed by atoms with Crippen molar-refractivity contribution < 1.29 is 0 Å². The molecule has 0 heterocycles. The second kappa shape index (κ2) is 4.59. The molecular weight excluding hydrogens is 170 g/mol. The Bertz CT molecular complexity index is 284. The van der Waals surface area contributed by atoms with Gasteiger partial charge in [-0.25, -0.2) is 0 Å². The fourth-order valence-electron chi connectivity index (χ4n) is 1.98. The molecule has 0 aromatic rings. The number of aliphatic imine (C=N–C) groups is 1. The van der Waals surface area contributed by atoms with Crippen LogP contribution in [0.15, 0.2) is 28.8 Å². The summed E-state index contributed by atoms with van der Waals surface area (Å²) in [5.74, 6) is 1.65. The Kier molecular flexibility index (Phi) is 3.68. The second-order valence-corrected chi connectivity index (χ2v) is 4.24. The third kappa shape index (κ3) is 2.34. The van der Waals surface area contributed by atoms with Crippen molar-refractivity contribution in [2.45, 2.75) is 33.6 Å². The highest BCUT2D eigenvalue weighted by atomic mass is 14.7. The maximum absolute atomic E-state index is 4.23. The fourth-order valence-corrected chi connectivity index (χ4v) is 1.98. The lowest BCUT2D eigenvalue weighted by atomic mass is 10.0. The van der Waals surface area contributed by atoms with E-state index < -0.39 is 0 Å². The van der Waals surface area contributed by atoms with Crippen LogP contribution in [-0.4, -0.2) is 12.8 Å². The predicted octanol–water partition coefficient (Wildman–Crippen LogP) is 3.63. The van der Waals surface area contributed by atoms with Crippen molar-refractivity contribution in [2.24, 2.45) is 16.8 Å². The van der Waals surface area contributed by atoms with E-state index in [1.807, 2.05) is 13.1 Å². The molecule has 1 rings (SSSR count). The Hall–Kier alpha value is -0.850. The molecule has 1 fully saturated rings. The topological polar surface area (TPSA) is 12.4 Å². The first-order valence-corrected chi connectivity index (χ1v) is 5.33. The van der Waals surface area contributed by atoms with Crippen LogP contribution in [0.1, 0.15) is 33.6 Å². The molecule has 1 heteroatoms. The number of nitrogens with zero attached hydrogens (tertiary/aromatic N) is 1. The molecule has 1 aliphatic rings. The predicted molar refractivity (Wildman–Crippen MR) is 63.8 cm³/mol. The molecule has 0 radical (unpaired) electrons. The normalized spacial score (nSPS) is 28.4. The third-order valence-electron chi connectivity index (χ3n) is 3.42. The van der Waals surface area contributed by atoms with Crippen molar-refractivity contribution in [3.05, 3.63) is 23.8 Å². The second-order valence-electron chi connectivity index (χ2n) is 4.24. The van der Waals surface area contributed by atoms with Crippen LogP contribution < -0.4 is 0 Å². The summed E-state index contributed by atoms with van der Waals surface area (Å²) in [6.45, 7) is 10.3. The van der Waals surface area contributed by atoms with E-state index in [1.54, 1.807) is 0 Å². The van der Waals surface area contributed by atoms with E-state index in [0.29, 0.717) is 0 Å². The summed E-state index contributed by atoms with van der Waals surface area (Å²) in [6, 6.07) is 0. The minimum atomic E-state index is 0.796. The van der Waals surface area contributed by atoms with Crippen molar-refractivity contribution >= 4 is 5.71 Å². The van der Waals surface area contributed by atoms with Gasteiger partial charge < -0.3 is 0 Å². The van der Waals surface area contributed by atoms with Crippen LogP contribution in [0.25, 0.3) is 0 Å². The third-order valence-corrected chi connectivity index (χ3v) is 3.42. The minimum absolute atomic E-state index is 0.796. The number of hydrogen-bond donors (Lipinski definition) is 0. The van der Waals surface area contributed by atoms with Crippen molar-refractivity contribution in [3.63, 3.8) is 0 Å². The zero-order valence-corrected chi connectivity index (χ0v) is 9.80. The summed E-state index contributed by atoms with van der Waals surface area (Å²) in [5, 5.41) is 0. The largest absolute Gasteiger partial charge is 0.293 e. The van der Waals surface area contributed by atoms with Gasteiger partial charge in [0.05, 0.1) is 0 Å². The Morgan fingerprint density at radius 1 is 1.43 bits per heavy atom. The van der Waals surface area contributed by atoms with Gasteiger partial charge in [0.15, 0.2) is 0 Å². The van der Waals surface area contributed by atoms with Crippen molar-refractivity contribution in [2.75, 3.05) is 7.05 Å². The van der Waals surface area contributed by atoms with E-state index in [2.05, 4.69) is 32.3 Å². The zero-order chi connectivity index (χ0) is 10.7. The molecule has 14 heavy (non-hydrogen) atoms. The SMILES string of the molecule is C=CCC1CC1/C(C)=C(/C)C(C)=NC. The Morgan fingerprint density at radius 3 is 2.57 bits per heavy atom. The van der Waals surface area contributed by atoms with Crippen molar-refractivity contribution in [1.29, 1.82) is 0 Å². The summed E-state index contributed by atoms with van der Waals surface area (Å²) in [5.41, 5.74) is 4.08. The summed E-state index contributed by atoms with van der Waals surface area (Å²) < 4.78 is 0. The molecule has 0 N–H and O–H groups in total. The highest BCUT2D eigenvalue weighted by Gasteiger charge is 2.37. The smallest absolute Gasteiger partial charge is 0.0342 e. The maximum Gasteiger partial charge on any atom is 0.0342 e. The highest BCUT2D eigenvalue weighted by Crippen LogP contribution is 2.47. The maximum atomic E-state index is 4.23. The van der Waals surface area contributed by atoms with E-state index in [-0.39, 0.29) is 0 Å². The van der Waals surface area contributed by atoms with Gasteiger partial charge in [-0.1, -0.05) is 11.6 Å². The Balaban J connectivity index is 2.66. The van der Waals surface area contributed by atoms with E-state index in [1.165, 1.54) is 23.3 Å². The van der Waals surface area contributed by atoms with Crippen LogP contribution in [0, 0.1) is 11.8 Å². The van der Waals surface area contributed by atoms with Gasteiger partial charge in [0.1, 0.15) is 0 Å². The molecule has 78 valence electrons. The number of allylic oxidation sites excluding steroid dienone is 3. The molecule has 1 nitrogen and oxygen atoms in total. The lowest BCUT2D eigenvalue weighted by Gasteiger charge is -2.06. The summed E-state index contributed by atoms with van der Waals surface area (Å²) in [7, 11) is 1.86. The van der Waals surface area contributed by atoms with E-state index in [4.69, 9.17) is 0 Å². The van der Waals surface area contributed by atoms with Gasteiger partial charge >= 0.3 is 0 Å². The van der Waals surface area contributed by atoms with Crippen LogP contribution in [0.5, 0.6) is 0 Å². The average Bonchev–Trinajstić information content (AvgIpc) is 2.94. The van der Waals surface area contributed by atoms with Crippen LogP contribution in [0.4, 0.5) is 0 Å². The van der Waals surface area contributed by atoms with Gasteiger partial charge in [-0.15, -0.1) is 6.58 Å². The molecule has 0 bridgehead atoms. The van der Waals surface area contributed by atoms with Crippen LogP contribution >= 0.6 is 0 Å². The van der Waals surface area contributed by atoms with Crippen LogP contribution in [0.2, 0.25) is 0 Å². The lowest BCUT2D eigenvalue weighted by molar-refractivity contribution is 0.779. The molecule has 1 saturated carbocycles. The number of hydrogen-bond acceptors (Lipinski definition) is 1. The Labute approximate surface area is 87.6 Å². The lowest BCUT2D eigenvalue weighted by Crippen LogP contribution is -1.99. The molecule has 2 unspecified atom stereocenters. The molecule has 0 amide bonds. The molecule has 0 saturated heterocycles. The standard InChI is InChI=1S/C13H21N/c1-6-7-12-8-13(12)10(3)9(2)11(4)14-5/h6,12-13H,1,7-8H2,2-5H3/b10-9-,14-11?. The monoisotopic (exact) mass is 191 g/mol. The first-order valence-electron chi connectivity index (χ1n) is 5.33. The summed E-state index contributed by atoms with van der Waals surface area (Å²) >= 11 is 0. The van der Waals surface area contributed by atoms with Gasteiger partial charge in [0, 0.05) is 12.8 Å². The molecule has 0 aliphatic heterocycles. The molecule has 0 aromatic carbocycles. The molecular formula is C13H21N. The minimum Gasteiger partial charge on any atom is -0.293 e. The number of rotatable bonds is 4. The molecule has 2 atom stereocenters. The first kappa shape index (κ1) is 11.2. The van der Waals surface area contributed by atoms with E-state index >= 15 is 0 Å². The molecule has 1 aliphatic carbocycles. The van der Waals surface area contributed by atoms with Gasteiger partial charge in [-0.2, -0.15) is 0 Å². The zero-order valence-electron chi connectivity index (χ0n) is 9.80.